The van der Waals surface area contributed by atoms with Gasteiger partial charge >= 0.3 is 6.18 Å². The Morgan fingerprint density at radius 3 is 2.68 bits per heavy atom. The fourth-order valence-corrected chi connectivity index (χ4v) is 3.34. The number of unbranched alkanes of at least 4 members (excludes halogenated alkanes) is 1. The molecule has 3 rings (SSSR count). The fourth-order valence-electron chi connectivity index (χ4n) is 3.34. The lowest BCUT2D eigenvalue weighted by Gasteiger charge is -2.25. The fraction of sp³-hybridized carbons (Fsp3) is 0.571. The van der Waals surface area contributed by atoms with E-state index in [0.717, 1.165) is 43.9 Å². The van der Waals surface area contributed by atoms with Gasteiger partial charge in [-0.1, -0.05) is 19.8 Å². The molecule has 7 heteroatoms. The van der Waals surface area contributed by atoms with E-state index in [1.54, 1.807) is 12.3 Å². The van der Waals surface area contributed by atoms with E-state index in [4.69, 9.17) is 4.74 Å². The maximum Gasteiger partial charge on any atom is 0.416 e. The molecule has 0 amide bonds. The van der Waals surface area contributed by atoms with Crippen LogP contribution < -0.4 is 4.74 Å². The van der Waals surface area contributed by atoms with Crippen LogP contribution in [0.15, 0.2) is 24.4 Å². The second-order valence-electron chi connectivity index (χ2n) is 7.71. The average Bonchev–Trinajstić information content (AvgIpc) is 3.05. The first-order valence-electron chi connectivity index (χ1n) is 9.93. The lowest BCUT2D eigenvalue weighted by molar-refractivity contribution is -0.137. The predicted octanol–water partition coefficient (Wildman–Crippen LogP) is 5.51. The van der Waals surface area contributed by atoms with Crippen molar-refractivity contribution in [2.24, 2.45) is 5.92 Å². The number of hydrogen-bond acceptors (Lipinski definition) is 3. The number of rotatable bonds is 9. The first-order valence-corrected chi connectivity index (χ1v) is 9.93. The Balaban J connectivity index is 1.84. The number of H-pyrrole nitrogens is 1. The molecule has 1 aliphatic rings. The van der Waals surface area contributed by atoms with Gasteiger partial charge in [0.05, 0.1) is 24.1 Å². The summed E-state index contributed by atoms with van der Waals surface area (Å²) in [6.45, 7) is 4.15. The molecule has 0 bridgehead atoms. The number of hydrogen-bond donors (Lipinski definition) is 1. The van der Waals surface area contributed by atoms with Crippen LogP contribution in [-0.4, -0.2) is 35.3 Å². The van der Waals surface area contributed by atoms with E-state index < -0.39 is 11.7 Å². The number of nitrogens with one attached hydrogen (secondary N) is 1. The molecule has 1 N–H and O–H groups in total. The Morgan fingerprint density at radius 1 is 1.25 bits per heavy atom. The summed E-state index contributed by atoms with van der Waals surface area (Å²) >= 11 is 0. The zero-order valence-electron chi connectivity index (χ0n) is 16.5. The number of benzene rings is 1. The van der Waals surface area contributed by atoms with Gasteiger partial charge in [0.15, 0.2) is 0 Å². The van der Waals surface area contributed by atoms with Gasteiger partial charge in [0, 0.05) is 17.7 Å². The molecule has 154 valence electrons. The quantitative estimate of drug-likeness (QED) is 0.609. The van der Waals surface area contributed by atoms with E-state index in [1.807, 2.05) is 7.05 Å². The molecule has 4 nitrogen and oxygen atoms in total. The third kappa shape index (κ3) is 5.28. The molecular weight excluding hydrogens is 367 g/mol. The second kappa shape index (κ2) is 8.99. The van der Waals surface area contributed by atoms with Crippen molar-refractivity contribution in [3.63, 3.8) is 0 Å². The van der Waals surface area contributed by atoms with Gasteiger partial charge in [0.25, 0.3) is 0 Å². The van der Waals surface area contributed by atoms with Crippen molar-refractivity contribution >= 4 is 0 Å². The van der Waals surface area contributed by atoms with Crippen molar-refractivity contribution in [2.75, 3.05) is 20.2 Å². The predicted molar refractivity (Wildman–Crippen MR) is 103 cm³/mol. The van der Waals surface area contributed by atoms with E-state index in [0.29, 0.717) is 30.3 Å². The van der Waals surface area contributed by atoms with E-state index in [-0.39, 0.29) is 5.75 Å². The minimum atomic E-state index is -4.43. The highest BCUT2D eigenvalue weighted by Crippen LogP contribution is 2.37. The van der Waals surface area contributed by atoms with Gasteiger partial charge in [-0.3, -0.25) is 5.10 Å². The number of ether oxygens (including phenoxy) is 1. The average molecular weight is 395 g/mol. The SMILES string of the molecule is CCCCN(C)Cc1cn[nH]c1-c1cc(OCC2CCC2)cc(C(F)(F)F)c1. The number of aromatic nitrogens is 2. The molecule has 0 spiro atoms. The molecule has 1 fully saturated rings. The van der Waals surface area contributed by atoms with Crippen LogP contribution in [0.3, 0.4) is 0 Å². The molecule has 0 aliphatic heterocycles. The maximum atomic E-state index is 13.4. The zero-order valence-corrected chi connectivity index (χ0v) is 16.5. The summed E-state index contributed by atoms with van der Waals surface area (Å²) in [6, 6.07) is 3.93. The van der Waals surface area contributed by atoms with E-state index in [1.165, 1.54) is 12.5 Å². The normalized spacial score (nSPS) is 15.1. The number of halogens is 3. The summed E-state index contributed by atoms with van der Waals surface area (Å²) in [6.07, 6.45) is 2.77. The maximum absolute atomic E-state index is 13.4. The molecule has 1 heterocycles. The van der Waals surface area contributed by atoms with Gasteiger partial charge in [-0.15, -0.1) is 0 Å². The van der Waals surface area contributed by atoms with E-state index in [9.17, 15) is 13.2 Å². The Kier molecular flexibility index (Phi) is 6.65. The molecule has 2 aromatic rings. The first kappa shape index (κ1) is 20.7. The molecule has 1 aromatic heterocycles. The van der Waals surface area contributed by atoms with E-state index in [2.05, 4.69) is 22.0 Å². The molecular formula is C21H28F3N3O. The van der Waals surface area contributed by atoms with Crippen LogP contribution in [0, 0.1) is 5.92 Å². The highest BCUT2D eigenvalue weighted by Gasteiger charge is 2.32. The van der Waals surface area contributed by atoms with Gasteiger partial charge in [-0.25, -0.2) is 0 Å². The Morgan fingerprint density at radius 2 is 2.04 bits per heavy atom. The summed E-state index contributed by atoms with van der Waals surface area (Å²) in [5.74, 6) is 0.713. The van der Waals surface area contributed by atoms with Crippen LogP contribution in [-0.2, 0) is 12.7 Å². The molecule has 0 radical (unpaired) electrons. The minimum Gasteiger partial charge on any atom is -0.493 e. The molecule has 0 saturated heterocycles. The summed E-state index contributed by atoms with van der Waals surface area (Å²) < 4.78 is 46.0. The monoisotopic (exact) mass is 395 g/mol. The molecule has 1 saturated carbocycles. The van der Waals surface area contributed by atoms with Crippen molar-refractivity contribution in [3.05, 3.63) is 35.5 Å². The molecule has 1 aromatic carbocycles. The van der Waals surface area contributed by atoms with Gasteiger partial charge in [0.2, 0.25) is 0 Å². The summed E-state index contributed by atoms with van der Waals surface area (Å²) in [5.41, 5.74) is 1.24. The zero-order chi connectivity index (χ0) is 20.1. The molecule has 1 aliphatic carbocycles. The van der Waals surface area contributed by atoms with Gasteiger partial charge < -0.3 is 9.64 Å². The van der Waals surface area contributed by atoms with Gasteiger partial charge in [0.1, 0.15) is 5.75 Å². The standard InChI is InChI=1S/C21H28F3N3O/c1-3-4-8-27(2)13-17-12-25-26-20(17)16-9-18(21(22,23)24)11-19(10-16)28-14-15-6-5-7-15/h9-12,15H,3-8,13-14H2,1-2H3,(H,25,26). The van der Waals surface area contributed by atoms with Crippen molar-refractivity contribution in [1.29, 1.82) is 0 Å². The third-order valence-electron chi connectivity index (χ3n) is 5.28. The number of nitrogens with zero attached hydrogens (tertiary/aromatic N) is 2. The van der Waals surface area contributed by atoms with Crippen molar-refractivity contribution in [3.8, 4) is 17.0 Å². The second-order valence-corrected chi connectivity index (χ2v) is 7.71. The largest absolute Gasteiger partial charge is 0.493 e. The van der Waals surface area contributed by atoms with Crippen LogP contribution in [0.1, 0.15) is 50.2 Å². The molecule has 0 unspecified atom stereocenters. The minimum absolute atomic E-state index is 0.261. The Bertz CT molecular complexity index is 768. The van der Waals surface area contributed by atoms with Crippen molar-refractivity contribution in [2.45, 2.75) is 51.7 Å². The lowest BCUT2D eigenvalue weighted by Crippen LogP contribution is -2.19. The smallest absolute Gasteiger partial charge is 0.416 e. The Labute approximate surface area is 164 Å². The summed E-state index contributed by atoms with van der Waals surface area (Å²) in [5, 5.41) is 6.95. The van der Waals surface area contributed by atoms with Crippen LogP contribution in [0.25, 0.3) is 11.3 Å². The van der Waals surface area contributed by atoms with Crippen LogP contribution >= 0.6 is 0 Å². The first-order chi connectivity index (χ1) is 13.4. The molecule has 28 heavy (non-hydrogen) atoms. The highest BCUT2D eigenvalue weighted by atomic mass is 19.4. The Hall–Kier alpha value is -2.02. The highest BCUT2D eigenvalue weighted by molar-refractivity contribution is 5.66. The van der Waals surface area contributed by atoms with Crippen LogP contribution in [0.4, 0.5) is 13.2 Å². The number of aromatic amines is 1. The van der Waals surface area contributed by atoms with Gasteiger partial charge in [-0.2, -0.15) is 18.3 Å². The topological polar surface area (TPSA) is 41.2 Å². The summed E-state index contributed by atoms with van der Waals surface area (Å²) in [7, 11) is 2.01. The van der Waals surface area contributed by atoms with Gasteiger partial charge in [-0.05, 0) is 57.0 Å². The van der Waals surface area contributed by atoms with Crippen molar-refractivity contribution < 1.29 is 17.9 Å². The van der Waals surface area contributed by atoms with Crippen LogP contribution in [0.2, 0.25) is 0 Å². The lowest BCUT2D eigenvalue weighted by atomic mass is 9.86. The van der Waals surface area contributed by atoms with Crippen molar-refractivity contribution in [1.82, 2.24) is 15.1 Å². The summed E-state index contributed by atoms with van der Waals surface area (Å²) in [4.78, 5) is 2.15. The van der Waals surface area contributed by atoms with Crippen LogP contribution in [0.5, 0.6) is 5.75 Å². The molecule has 0 atom stereocenters. The number of alkyl halides is 3. The van der Waals surface area contributed by atoms with E-state index >= 15 is 0 Å². The third-order valence-corrected chi connectivity index (χ3v) is 5.28.